The van der Waals surface area contributed by atoms with Crippen molar-refractivity contribution in [2.75, 3.05) is 12.9 Å². The maximum Gasteiger partial charge on any atom is 0.175 e. The van der Waals surface area contributed by atoms with Crippen LogP contribution in [0.4, 0.5) is 0 Å². The summed E-state index contributed by atoms with van der Waals surface area (Å²) in [5.74, 6) is 0. The fourth-order valence-electron chi connectivity index (χ4n) is 2.13. The predicted molar refractivity (Wildman–Crippen MR) is 85.4 cm³/mol. The molecule has 0 bridgehead atoms. The second kappa shape index (κ2) is 7.55. The number of hydrogen-bond acceptors (Lipinski definition) is 5. The molecule has 0 aliphatic carbocycles. The fourth-order valence-corrected chi connectivity index (χ4v) is 2.76. The van der Waals surface area contributed by atoms with Crippen LogP contribution in [0.15, 0.2) is 29.2 Å². The van der Waals surface area contributed by atoms with Gasteiger partial charge in [-0.15, -0.1) is 0 Å². The van der Waals surface area contributed by atoms with Crippen molar-refractivity contribution >= 4 is 9.84 Å². The first-order chi connectivity index (χ1) is 10.1. The van der Waals surface area contributed by atoms with E-state index in [0.29, 0.717) is 18.6 Å². The van der Waals surface area contributed by atoms with Crippen LogP contribution in [0.25, 0.3) is 0 Å². The average molecular weight is 330 g/mol. The van der Waals surface area contributed by atoms with Gasteiger partial charge < -0.3 is 14.6 Å². The van der Waals surface area contributed by atoms with Crippen molar-refractivity contribution < 1.29 is 23.0 Å². The largest absolute Gasteiger partial charge is 0.387 e. The second-order valence-electron chi connectivity index (χ2n) is 5.59. The van der Waals surface area contributed by atoms with Crippen LogP contribution in [0.2, 0.25) is 0 Å². The second-order valence-corrected chi connectivity index (χ2v) is 7.61. The molecule has 0 heterocycles. The number of aliphatic hydroxyl groups is 1. The molecule has 22 heavy (non-hydrogen) atoms. The van der Waals surface area contributed by atoms with Crippen LogP contribution >= 0.6 is 0 Å². The van der Waals surface area contributed by atoms with Crippen molar-refractivity contribution in [2.24, 2.45) is 0 Å². The molecule has 1 aromatic rings. The molecule has 5 nitrogen and oxygen atoms in total. The zero-order chi connectivity index (χ0) is 17.0. The molecule has 0 fully saturated rings. The summed E-state index contributed by atoms with van der Waals surface area (Å²) in [4.78, 5) is 0.240. The van der Waals surface area contributed by atoms with Gasteiger partial charge in [0, 0.05) is 12.9 Å². The minimum absolute atomic E-state index is 0.240. The van der Waals surface area contributed by atoms with E-state index >= 15 is 0 Å². The fraction of sp³-hybridized carbons (Fsp3) is 0.625. The first-order valence-corrected chi connectivity index (χ1v) is 9.30. The molecular weight excluding hydrogens is 304 g/mol. The molecule has 0 aliphatic rings. The normalized spacial score (nSPS) is 17.7. The molecular formula is C16H26O5S. The molecule has 3 atom stereocenters. The Bertz CT molecular complexity index is 563. The van der Waals surface area contributed by atoms with Gasteiger partial charge in [0.1, 0.15) is 6.10 Å². The molecule has 0 amide bonds. The highest BCUT2D eigenvalue weighted by atomic mass is 32.2. The van der Waals surface area contributed by atoms with Gasteiger partial charge in [0.15, 0.2) is 16.1 Å². The Morgan fingerprint density at radius 3 is 2.18 bits per heavy atom. The van der Waals surface area contributed by atoms with E-state index in [1.807, 2.05) is 13.8 Å². The molecule has 1 aromatic carbocycles. The third-order valence-corrected chi connectivity index (χ3v) is 4.75. The van der Waals surface area contributed by atoms with Gasteiger partial charge >= 0.3 is 0 Å². The molecule has 126 valence electrons. The topological polar surface area (TPSA) is 72.8 Å². The van der Waals surface area contributed by atoms with E-state index in [4.69, 9.17) is 9.47 Å². The smallest absolute Gasteiger partial charge is 0.175 e. The van der Waals surface area contributed by atoms with Crippen LogP contribution in [-0.4, -0.2) is 38.3 Å². The highest BCUT2D eigenvalue weighted by Gasteiger charge is 2.34. The van der Waals surface area contributed by atoms with Crippen molar-refractivity contribution in [1.29, 1.82) is 0 Å². The van der Waals surface area contributed by atoms with Gasteiger partial charge in [-0.05, 0) is 44.9 Å². The minimum atomic E-state index is -3.25. The number of ether oxygens (including phenoxy) is 2. The van der Waals surface area contributed by atoms with Crippen molar-refractivity contribution in [3.8, 4) is 0 Å². The third-order valence-electron chi connectivity index (χ3n) is 3.62. The standard InChI is InChI=1S/C16H26O5S/c1-6-16(4,17)15(21-12(3)20-7-2)13-8-10-14(11-9-13)22(5,18)19/h8-12,15,17H,6-7H2,1-5H3/t12-,15?,16+/m1/s1. The summed E-state index contributed by atoms with van der Waals surface area (Å²) in [6, 6.07) is 6.39. The van der Waals surface area contributed by atoms with Gasteiger partial charge in [-0.1, -0.05) is 19.1 Å². The summed E-state index contributed by atoms with van der Waals surface area (Å²) in [5, 5.41) is 10.6. The van der Waals surface area contributed by atoms with E-state index in [0.717, 1.165) is 6.26 Å². The Balaban J connectivity index is 3.11. The highest BCUT2D eigenvalue weighted by molar-refractivity contribution is 7.90. The van der Waals surface area contributed by atoms with E-state index in [-0.39, 0.29) is 4.90 Å². The molecule has 0 radical (unpaired) electrons. The Labute approximate surface area is 133 Å². The quantitative estimate of drug-likeness (QED) is 0.742. The first kappa shape index (κ1) is 19.1. The van der Waals surface area contributed by atoms with Crippen molar-refractivity contribution in [1.82, 2.24) is 0 Å². The summed E-state index contributed by atoms with van der Waals surface area (Å²) in [5.41, 5.74) is -0.372. The molecule has 1 rings (SSSR count). The summed E-state index contributed by atoms with van der Waals surface area (Å²) < 4.78 is 34.3. The summed E-state index contributed by atoms with van der Waals surface area (Å²) >= 11 is 0. The van der Waals surface area contributed by atoms with Crippen molar-refractivity contribution in [3.63, 3.8) is 0 Å². The van der Waals surface area contributed by atoms with E-state index in [9.17, 15) is 13.5 Å². The maximum atomic E-state index is 11.5. The lowest BCUT2D eigenvalue weighted by Crippen LogP contribution is -2.36. The molecule has 0 aliphatic heterocycles. The van der Waals surface area contributed by atoms with Crippen LogP contribution < -0.4 is 0 Å². The number of hydrogen-bond donors (Lipinski definition) is 1. The molecule has 0 spiro atoms. The lowest BCUT2D eigenvalue weighted by molar-refractivity contribution is -0.207. The first-order valence-electron chi connectivity index (χ1n) is 7.41. The lowest BCUT2D eigenvalue weighted by Gasteiger charge is -2.34. The molecule has 0 saturated heterocycles. The van der Waals surface area contributed by atoms with E-state index in [1.54, 1.807) is 26.0 Å². The van der Waals surface area contributed by atoms with E-state index in [2.05, 4.69) is 0 Å². The predicted octanol–water partition coefficient (Wildman–Crippen LogP) is 2.69. The van der Waals surface area contributed by atoms with Gasteiger partial charge in [0.05, 0.1) is 10.5 Å². The molecule has 1 unspecified atom stereocenters. The zero-order valence-corrected chi connectivity index (χ0v) is 14.7. The molecule has 0 aromatic heterocycles. The zero-order valence-electron chi connectivity index (χ0n) is 13.9. The van der Waals surface area contributed by atoms with Gasteiger partial charge in [-0.2, -0.15) is 0 Å². The third kappa shape index (κ3) is 5.05. The lowest BCUT2D eigenvalue weighted by atomic mass is 9.90. The summed E-state index contributed by atoms with van der Waals surface area (Å²) in [6.07, 6.45) is 0.579. The minimum Gasteiger partial charge on any atom is -0.387 e. The SMILES string of the molecule is CCO[C@@H](C)OC(c1ccc(S(C)(=O)=O)cc1)[C@@](C)(O)CC. The molecule has 0 saturated carbocycles. The van der Waals surface area contributed by atoms with Crippen LogP contribution in [0.3, 0.4) is 0 Å². The van der Waals surface area contributed by atoms with Crippen molar-refractivity contribution in [2.45, 2.75) is 57.0 Å². The van der Waals surface area contributed by atoms with Gasteiger partial charge in [-0.3, -0.25) is 0 Å². The van der Waals surface area contributed by atoms with Crippen LogP contribution in [0.5, 0.6) is 0 Å². The average Bonchev–Trinajstić information content (AvgIpc) is 2.44. The summed E-state index contributed by atoms with van der Waals surface area (Å²) in [7, 11) is -3.25. The maximum absolute atomic E-state index is 11.5. The van der Waals surface area contributed by atoms with Crippen molar-refractivity contribution in [3.05, 3.63) is 29.8 Å². The summed E-state index contributed by atoms with van der Waals surface area (Å²) in [6.45, 7) is 7.71. The Morgan fingerprint density at radius 2 is 1.77 bits per heavy atom. The van der Waals surface area contributed by atoms with Gasteiger partial charge in [-0.25, -0.2) is 8.42 Å². The van der Waals surface area contributed by atoms with Crippen LogP contribution in [0, 0.1) is 0 Å². The van der Waals surface area contributed by atoms with E-state index < -0.39 is 27.8 Å². The number of benzene rings is 1. The van der Waals surface area contributed by atoms with Gasteiger partial charge in [0.25, 0.3) is 0 Å². The number of rotatable bonds is 8. The van der Waals surface area contributed by atoms with Crippen LogP contribution in [-0.2, 0) is 19.3 Å². The highest BCUT2D eigenvalue weighted by Crippen LogP contribution is 2.33. The van der Waals surface area contributed by atoms with Gasteiger partial charge in [0.2, 0.25) is 0 Å². The van der Waals surface area contributed by atoms with E-state index in [1.165, 1.54) is 12.1 Å². The molecule has 6 heteroatoms. The Kier molecular flexibility index (Phi) is 6.55. The van der Waals surface area contributed by atoms with Crippen LogP contribution in [0.1, 0.15) is 45.8 Å². The monoisotopic (exact) mass is 330 g/mol. The Morgan fingerprint density at radius 1 is 1.23 bits per heavy atom. The Hall–Kier alpha value is -0.950. The number of sulfone groups is 1. The molecule has 1 N–H and O–H groups in total.